The summed E-state index contributed by atoms with van der Waals surface area (Å²) in [4.78, 5) is 29.5. The number of benzene rings is 2. The van der Waals surface area contributed by atoms with Crippen molar-refractivity contribution in [2.24, 2.45) is 10.7 Å². The molecule has 174 valence electrons. The number of nitrogens with one attached hydrogen (secondary N) is 2. The summed E-state index contributed by atoms with van der Waals surface area (Å²) in [6.45, 7) is 6.39. The van der Waals surface area contributed by atoms with Crippen molar-refractivity contribution in [2.75, 3.05) is 26.7 Å². The Morgan fingerprint density at radius 2 is 1.62 bits per heavy atom. The maximum atomic E-state index is 12.0. The molecular formula is C23H32IN5O3. The van der Waals surface area contributed by atoms with E-state index in [9.17, 15) is 9.59 Å². The molecule has 0 radical (unpaired) electrons. The number of guanidine groups is 1. The molecule has 0 saturated carbocycles. The molecule has 0 unspecified atom stereocenters. The molecule has 2 amide bonds. The average Bonchev–Trinajstić information content (AvgIpc) is 2.76. The third-order valence-corrected chi connectivity index (χ3v) is 4.40. The summed E-state index contributed by atoms with van der Waals surface area (Å²) in [5, 5.41) is 5.77. The van der Waals surface area contributed by atoms with E-state index in [1.807, 2.05) is 57.3 Å². The molecule has 0 atom stereocenters. The fourth-order valence-corrected chi connectivity index (χ4v) is 2.87. The number of amides is 2. The Morgan fingerprint density at radius 1 is 1.00 bits per heavy atom. The van der Waals surface area contributed by atoms with Crippen molar-refractivity contribution in [3.05, 3.63) is 65.2 Å². The summed E-state index contributed by atoms with van der Waals surface area (Å²) < 4.78 is 5.49. The molecule has 2 aromatic carbocycles. The number of hydrogen-bond donors (Lipinski definition) is 3. The molecular weight excluding hydrogens is 521 g/mol. The molecule has 0 saturated heterocycles. The topological polar surface area (TPSA) is 109 Å². The monoisotopic (exact) mass is 553 g/mol. The molecule has 0 heterocycles. The minimum Gasteiger partial charge on any atom is -0.494 e. The van der Waals surface area contributed by atoms with Crippen LogP contribution in [0.4, 0.5) is 0 Å². The van der Waals surface area contributed by atoms with Gasteiger partial charge in [0.15, 0.2) is 5.96 Å². The van der Waals surface area contributed by atoms with Crippen molar-refractivity contribution < 1.29 is 14.3 Å². The van der Waals surface area contributed by atoms with E-state index >= 15 is 0 Å². The van der Waals surface area contributed by atoms with E-state index in [2.05, 4.69) is 15.5 Å². The van der Waals surface area contributed by atoms with Crippen LogP contribution in [0.15, 0.2) is 53.5 Å². The maximum absolute atomic E-state index is 12.0. The van der Waals surface area contributed by atoms with Crippen LogP contribution in [-0.4, -0.2) is 49.4 Å². The van der Waals surface area contributed by atoms with Crippen LogP contribution in [0.3, 0.4) is 0 Å². The van der Waals surface area contributed by atoms with Crippen molar-refractivity contribution in [1.29, 1.82) is 0 Å². The van der Waals surface area contributed by atoms with Gasteiger partial charge in [0.25, 0.3) is 5.91 Å². The summed E-state index contributed by atoms with van der Waals surface area (Å²) in [5.74, 6) is 0.739. The Morgan fingerprint density at radius 3 is 2.19 bits per heavy atom. The first kappa shape index (κ1) is 27.2. The van der Waals surface area contributed by atoms with Crippen molar-refractivity contribution >= 4 is 41.8 Å². The summed E-state index contributed by atoms with van der Waals surface area (Å²) in [6, 6.07) is 15.1. The van der Waals surface area contributed by atoms with Gasteiger partial charge in [0, 0.05) is 25.7 Å². The second-order valence-electron chi connectivity index (χ2n) is 6.95. The number of carbonyl (C=O) groups is 2. The quantitative estimate of drug-likeness (QED) is 0.238. The first-order valence-electron chi connectivity index (χ1n) is 10.3. The van der Waals surface area contributed by atoms with Crippen LogP contribution in [0.2, 0.25) is 0 Å². The molecule has 0 aliphatic heterocycles. The Balaban J connectivity index is 0.00000512. The number of halogens is 1. The SMILES string of the molecule is CCNC(=NCc1ccc(C(=O)NCC(N)=O)cc1)N(C)Cc1ccc(OCC)cc1.I. The van der Waals surface area contributed by atoms with Gasteiger partial charge in [0.2, 0.25) is 5.91 Å². The van der Waals surface area contributed by atoms with Crippen LogP contribution in [0.25, 0.3) is 0 Å². The van der Waals surface area contributed by atoms with Crippen molar-refractivity contribution in [3.8, 4) is 5.75 Å². The number of rotatable bonds is 10. The van der Waals surface area contributed by atoms with Gasteiger partial charge >= 0.3 is 0 Å². The number of carbonyl (C=O) groups excluding carboxylic acids is 2. The highest BCUT2D eigenvalue weighted by Crippen LogP contribution is 2.13. The number of nitrogens with two attached hydrogens (primary N) is 1. The summed E-state index contributed by atoms with van der Waals surface area (Å²) in [5.41, 5.74) is 7.63. The lowest BCUT2D eigenvalue weighted by Gasteiger charge is -2.22. The van der Waals surface area contributed by atoms with Crippen LogP contribution in [0.5, 0.6) is 5.75 Å². The van der Waals surface area contributed by atoms with E-state index in [0.717, 1.165) is 29.4 Å². The third-order valence-electron chi connectivity index (χ3n) is 4.40. The molecule has 9 heteroatoms. The van der Waals surface area contributed by atoms with Crippen molar-refractivity contribution in [2.45, 2.75) is 26.9 Å². The molecule has 0 aliphatic carbocycles. The Labute approximate surface area is 206 Å². The minimum absolute atomic E-state index is 0. The zero-order chi connectivity index (χ0) is 22.6. The lowest BCUT2D eigenvalue weighted by Crippen LogP contribution is -2.38. The fourth-order valence-electron chi connectivity index (χ4n) is 2.87. The van der Waals surface area contributed by atoms with Crippen LogP contribution in [-0.2, 0) is 17.9 Å². The van der Waals surface area contributed by atoms with Crippen LogP contribution in [0, 0.1) is 0 Å². The van der Waals surface area contributed by atoms with Gasteiger partial charge in [-0.1, -0.05) is 24.3 Å². The number of primary amides is 1. The van der Waals surface area contributed by atoms with Crippen molar-refractivity contribution in [1.82, 2.24) is 15.5 Å². The van der Waals surface area contributed by atoms with Crippen molar-refractivity contribution in [3.63, 3.8) is 0 Å². The second kappa shape index (κ2) is 14.3. The standard InChI is InChI=1S/C23H31N5O3.HI/c1-4-25-23(28(3)16-18-8-12-20(13-9-18)31-5-2)27-14-17-6-10-19(11-7-17)22(30)26-15-21(24)29;/h6-13H,4-5,14-16H2,1-3H3,(H2,24,29)(H,25,27)(H,26,30);1H. The van der Waals surface area contributed by atoms with Gasteiger partial charge in [-0.05, 0) is 49.2 Å². The highest BCUT2D eigenvalue weighted by molar-refractivity contribution is 14.0. The van der Waals surface area contributed by atoms with Crippen LogP contribution < -0.4 is 21.1 Å². The molecule has 0 spiro atoms. The minimum atomic E-state index is -0.579. The van der Waals surface area contributed by atoms with E-state index in [1.54, 1.807) is 12.1 Å². The highest BCUT2D eigenvalue weighted by Gasteiger charge is 2.08. The van der Waals surface area contributed by atoms with E-state index in [-0.39, 0.29) is 36.4 Å². The van der Waals surface area contributed by atoms with Gasteiger partial charge in [0.1, 0.15) is 5.75 Å². The number of aliphatic imine (C=N–C) groups is 1. The summed E-state index contributed by atoms with van der Waals surface area (Å²) in [7, 11) is 1.99. The maximum Gasteiger partial charge on any atom is 0.251 e. The van der Waals surface area contributed by atoms with Gasteiger partial charge in [-0.15, -0.1) is 24.0 Å². The normalized spacial score (nSPS) is 10.7. The molecule has 0 bridgehead atoms. The van der Waals surface area contributed by atoms with E-state index in [4.69, 9.17) is 15.5 Å². The third kappa shape index (κ3) is 9.13. The summed E-state index contributed by atoms with van der Waals surface area (Å²) in [6.07, 6.45) is 0. The summed E-state index contributed by atoms with van der Waals surface area (Å²) >= 11 is 0. The molecule has 0 aromatic heterocycles. The molecule has 32 heavy (non-hydrogen) atoms. The van der Waals surface area contributed by atoms with Gasteiger partial charge < -0.3 is 26.0 Å². The van der Waals surface area contributed by atoms with E-state index in [0.29, 0.717) is 25.3 Å². The fraction of sp³-hybridized carbons (Fsp3) is 0.348. The van der Waals surface area contributed by atoms with Gasteiger partial charge in [-0.3, -0.25) is 9.59 Å². The second-order valence-corrected chi connectivity index (χ2v) is 6.95. The first-order valence-corrected chi connectivity index (χ1v) is 10.3. The predicted octanol–water partition coefficient (Wildman–Crippen LogP) is 2.52. The number of ether oxygens (including phenoxy) is 1. The number of nitrogens with zero attached hydrogens (tertiary/aromatic N) is 2. The first-order chi connectivity index (χ1) is 14.9. The predicted molar refractivity (Wildman–Crippen MR) is 137 cm³/mol. The molecule has 4 N–H and O–H groups in total. The Hall–Kier alpha value is -2.82. The molecule has 0 aliphatic rings. The lowest BCUT2D eigenvalue weighted by molar-refractivity contribution is -0.117. The van der Waals surface area contributed by atoms with E-state index < -0.39 is 5.91 Å². The Kier molecular flexibility index (Phi) is 12.1. The van der Waals surface area contributed by atoms with Crippen LogP contribution in [0.1, 0.15) is 35.3 Å². The van der Waals surface area contributed by atoms with Gasteiger partial charge in [-0.2, -0.15) is 0 Å². The molecule has 2 rings (SSSR count). The molecule has 2 aromatic rings. The lowest BCUT2D eigenvalue weighted by atomic mass is 10.1. The largest absolute Gasteiger partial charge is 0.494 e. The number of hydrogen-bond acceptors (Lipinski definition) is 4. The molecule has 8 nitrogen and oxygen atoms in total. The average molecular weight is 553 g/mol. The molecule has 0 fully saturated rings. The van der Waals surface area contributed by atoms with Gasteiger partial charge in [-0.25, -0.2) is 4.99 Å². The van der Waals surface area contributed by atoms with Gasteiger partial charge in [0.05, 0.1) is 19.7 Å². The zero-order valence-corrected chi connectivity index (χ0v) is 21.1. The zero-order valence-electron chi connectivity index (χ0n) is 18.8. The smallest absolute Gasteiger partial charge is 0.251 e. The Bertz CT molecular complexity index is 886. The highest BCUT2D eigenvalue weighted by atomic mass is 127. The van der Waals surface area contributed by atoms with Crippen LogP contribution >= 0.6 is 24.0 Å². The van der Waals surface area contributed by atoms with E-state index in [1.165, 1.54) is 0 Å².